The highest BCUT2D eigenvalue weighted by molar-refractivity contribution is 14.1. The van der Waals surface area contributed by atoms with Gasteiger partial charge in [-0.3, -0.25) is 0 Å². The highest BCUT2D eigenvalue weighted by Gasteiger charge is 2.29. The molecule has 0 radical (unpaired) electrons. The predicted octanol–water partition coefficient (Wildman–Crippen LogP) is 4.56. The molecule has 1 aromatic carbocycles. The first-order valence-corrected chi connectivity index (χ1v) is 9.18. The van der Waals surface area contributed by atoms with Crippen molar-refractivity contribution in [1.82, 2.24) is 9.47 Å². The number of rotatable bonds is 4. The summed E-state index contributed by atoms with van der Waals surface area (Å²) in [5.41, 5.74) is 1.55. The largest absolute Gasteiger partial charge is 0.406 e. The van der Waals surface area contributed by atoms with Gasteiger partial charge >= 0.3 is 6.18 Å². The van der Waals surface area contributed by atoms with Gasteiger partial charge in [0.05, 0.1) is 9.22 Å². The maximum absolute atomic E-state index is 12.8. The molecule has 1 saturated heterocycles. The summed E-state index contributed by atoms with van der Waals surface area (Å²) in [4.78, 5) is 2.33. The lowest BCUT2D eigenvalue weighted by Gasteiger charge is -2.29. The molecule has 24 heavy (non-hydrogen) atoms. The molecule has 0 atom stereocenters. The normalized spacial score (nSPS) is 17.5. The van der Waals surface area contributed by atoms with Crippen molar-refractivity contribution >= 4 is 39.2 Å². The molecule has 3 nitrogen and oxygen atoms in total. The Morgan fingerprint density at radius 1 is 1.25 bits per heavy atom. The maximum atomic E-state index is 12.8. The van der Waals surface area contributed by atoms with Crippen molar-refractivity contribution in [3.05, 3.63) is 28.0 Å². The number of halogens is 4. The number of aromatic nitrogens is 1. The van der Waals surface area contributed by atoms with Crippen LogP contribution in [-0.2, 0) is 6.54 Å². The fourth-order valence-electron chi connectivity index (χ4n) is 3.27. The van der Waals surface area contributed by atoms with Gasteiger partial charge < -0.3 is 14.8 Å². The van der Waals surface area contributed by atoms with Crippen molar-refractivity contribution in [2.75, 3.05) is 32.0 Å². The third-order valence-corrected chi connectivity index (χ3v) is 5.55. The van der Waals surface area contributed by atoms with E-state index in [1.54, 1.807) is 6.07 Å². The van der Waals surface area contributed by atoms with E-state index in [2.05, 4.69) is 17.3 Å². The average Bonchev–Trinajstić information content (AvgIpc) is 2.82. The lowest BCUT2D eigenvalue weighted by atomic mass is 9.97. The first-order valence-electron chi connectivity index (χ1n) is 8.10. The number of nitrogens with zero attached hydrogens (tertiary/aromatic N) is 2. The summed E-state index contributed by atoms with van der Waals surface area (Å²) < 4.78 is 40.4. The van der Waals surface area contributed by atoms with Crippen LogP contribution >= 0.6 is 22.6 Å². The van der Waals surface area contributed by atoms with Crippen LogP contribution in [-0.4, -0.2) is 42.3 Å². The van der Waals surface area contributed by atoms with Gasteiger partial charge in [0.2, 0.25) is 0 Å². The molecule has 3 rings (SSSR count). The third kappa shape index (κ3) is 4.17. The van der Waals surface area contributed by atoms with E-state index in [4.69, 9.17) is 0 Å². The fraction of sp³-hybridized carbons (Fsp3) is 0.529. The van der Waals surface area contributed by atoms with E-state index >= 15 is 0 Å². The Labute approximate surface area is 153 Å². The number of anilines is 1. The number of fused-ring (bicyclic) bond motifs is 1. The van der Waals surface area contributed by atoms with E-state index in [0.717, 1.165) is 43.5 Å². The summed E-state index contributed by atoms with van der Waals surface area (Å²) in [6.07, 6.45) is -1.90. The molecule has 1 aromatic heterocycles. The van der Waals surface area contributed by atoms with E-state index < -0.39 is 12.7 Å². The molecule has 1 aliphatic heterocycles. The predicted molar refractivity (Wildman–Crippen MR) is 99.4 cm³/mol. The monoisotopic (exact) mass is 451 g/mol. The summed E-state index contributed by atoms with van der Waals surface area (Å²) in [5, 5.41) is 4.32. The Hall–Kier alpha value is -0.960. The zero-order valence-corrected chi connectivity index (χ0v) is 15.7. The zero-order valence-electron chi connectivity index (χ0n) is 13.5. The van der Waals surface area contributed by atoms with E-state index in [1.807, 2.05) is 40.8 Å². The number of nitrogens with one attached hydrogen (secondary N) is 1. The van der Waals surface area contributed by atoms with Crippen LogP contribution < -0.4 is 5.32 Å². The first kappa shape index (κ1) is 17.8. The summed E-state index contributed by atoms with van der Waals surface area (Å²) in [5.74, 6) is 0.618. The molecule has 0 amide bonds. The van der Waals surface area contributed by atoms with Crippen molar-refractivity contribution in [3.63, 3.8) is 0 Å². The number of piperidine rings is 1. The number of benzene rings is 1. The Morgan fingerprint density at radius 2 is 1.96 bits per heavy atom. The van der Waals surface area contributed by atoms with Crippen LogP contribution in [0.3, 0.4) is 0 Å². The van der Waals surface area contributed by atoms with Gasteiger partial charge in [-0.25, -0.2) is 0 Å². The quantitative estimate of drug-likeness (QED) is 0.688. The minimum Gasteiger partial charge on any atom is -0.384 e. The van der Waals surface area contributed by atoms with E-state index in [0.29, 0.717) is 15.1 Å². The molecule has 0 unspecified atom stereocenters. The smallest absolute Gasteiger partial charge is 0.384 e. The van der Waals surface area contributed by atoms with Crippen LogP contribution in [0.15, 0.2) is 24.3 Å². The molecular formula is C17H21F3IN3. The number of likely N-dealkylation sites (tertiary alicyclic amines) is 1. The average molecular weight is 451 g/mol. The summed E-state index contributed by atoms with van der Waals surface area (Å²) >= 11 is 1.97. The second kappa shape index (κ2) is 7.11. The third-order valence-electron chi connectivity index (χ3n) is 4.65. The summed E-state index contributed by atoms with van der Waals surface area (Å²) in [6.45, 7) is 2.13. The zero-order chi connectivity index (χ0) is 17.3. The minimum atomic E-state index is -4.22. The Morgan fingerprint density at radius 3 is 2.62 bits per heavy atom. The van der Waals surface area contributed by atoms with Gasteiger partial charge in [-0.05, 0) is 79.7 Å². The van der Waals surface area contributed by atoms with E-state index in [9.17, 15) is 13.2 Å². The highest BCUT2D eigenvalue weighted by atomic mass is 127. The lowest BCUT2D eigenvalue weighted by Crippen LogP contribution is -2.32. The van der Waals surface area contributed by atoms with Crippen molar-refractivity contribution in [1.29, 1.82) is 0 Å². The molecular weight excluding hydrogens is 430 g/mol. The van der Waals surface area contributed by atoms with Gasteiger partial charge in [0, 0.05) is 17.6 Å². The molecule has 2 heterocycles. The van der Waals surface area contributed by atoms with Crippen molar-refractivity contribution in [2.24, 2.45) is 5.92 Å². The SMILES string of the molecule is CN1CCC(CNc2cccc3c2cc(I)n3CC(F)(F)F)CC1. The first-order chi connectivity index (χ1) is 11.3. The summed E-state index contributed by atoms with van der Waals surface area (Å²) in [6, 6.07) is 7.36. The summed E-state index contributed by atoms with van der Waals surface area (Å²) in [7, 11) is 2.13. The lowest BCUT2D eigenvalue weighted by molar-refractivity contribution is -0.140. The van der Waals surface area contributed by atoms with Crippen LogP contribution in [0, 0.1) is 9.62 Å². The van der Waals surface area contributed by atoms with Gasteiger partial charge in [0.25, 0.3) is 0 Å². The molecule has 0 spiro atoms. The Bertz CT molecular complexity index is 703. The van der Waals surface area contributed by atoms with Crippen molar-refractivity contribution in [3.8, 4) is 0 Å². The molecule has 2 aromatic rings. The van der Waals surface area contributed by atoms with Crippen molar-refractivity contribution in [2.45, 2.75) is 25.6 Å². The Kier molecular flexibility index (Phi) is 5.29. The fourth-order valence-corrected chi connectivity index (χ4v) is 4.01. The minimum absolute atomic E-state index is 0.605. The van der Waals surface area contributed by atoms with E-state index in [1.165, 1.54) is 4.57 Å². The molecule has 1 aliphatic rings. The van der Waals surface area contributed by atoms with Gasteiger partial charge in [0.1, 0.15) is 6.54 Å². The standard InChI is InChI=1S/C17H21F3IN3/c1-23-7-5-12(6-8-23)10-22-14-3-2-4-15-13(14)9-16(21)24(15)11-17(18,19)20/h2-4,9,12,22H,5-8,10-11H2,1H3. The van der Waals surface area contributed by atoms with Gasteiger partial charge in [-0.15, -0.1) is 0 Å². The number of hydrogen-bond donors (Lipinski definition) is 1. The van der Waals surface area contributed by atoms with Gasteiger partial charge in [0.15, 0.2) is 0 Å². The van der Waals surface area contributed by atoms with E-state index in [-0.39, 0.29) is 0 Å². The van der Waals surface area contributed by atoms with Gasteiger partial charge in [-0.2, -0.15) is 13.2 Å². The number of alkyl halides is 3. The molecule has 0 aliphatic carbocycles. The number of hydrogen-bond acceptors (Lipinski definition) is 2. The highest BCUT2D eigenvalue weighted by Crippen LogP contribution is 2.31. The van der Waals surface area contributed by atoms with Crippen LogP contribution in [0.2, 0.25) is 0 Å². The molecule has 7 heteroatoms. The van der Waals surface area contributed by atoms with Crippen LogP contribution in [0.1, 0.15) is 12.8 Å². The molecule has 1 fully saturated rings. The second-order valence-electron chi connectivity index (χ2n) is 6.53. The second-order valence-corrected chi connectivity index (χ2v) is 7.64. The topological polar surface area (TPSA) is 20.2 Å². The van der Waals surface area contributed by atoms with Crippen molar-refractivity contribution < 1.29 is 13.2 Å². The van der Waals surface area contributed by atoms with Crippen LogP contribution in [0.4, 0.5) is 18.9 Å². The Balaban J connectivity index is 1.78. The molecule has 0 saturated carbocycles. The molecule has 132 valence electrons. The van der Waals surface area contributed by atoms with Gasteiger partial charge in [-0.1, -0.05) is 6.07 Å². The maximum Gasteiger partial charge on any atom is 0.406 e. The molecule has 0 bridgehead atoms. The van der Waals surface area contributed by atoms with Crippen LogP contribution in [0.25, 0.3) is 10.9 Å². The van der Waals surface area contributed by atoms with Crippen LogP contribution in [0.5, 0.6) is 0 Å². The molecule has 1 N–H and O–H groups in total.